The molecule has 0 spiro atoms. The molecule has 0 radical (unpaired) electrons. The first-order valence-electron chi connectivity index (χ1n) is 8.44. The summed E-state index contributed by atoms with van der Waals surface area (Å²) in [5, 5.41) is 0. The molecule has 0 atom stereocenters. The van der Waals surface area contributed by atoms with Crippen LogP contribution >= 0.6 is 12.4 Å². The van der Waals surface area contributed by atoms with Crippen LogP contribution in [0.25, 0.3) is 0 Å². The molecule has 0 heterocycles. The summed E-state index contributed by atoms with van der Waals surface area (Å²) in [7, 11) is -2.90. The van der Waals surface area contributed by atoms with Crippen molar-refractivity contribution < 1.29 is 22.3 Å². The Kier molecular flexibility index (Phi) is 9.03. The number of carbonyl (C=O) groups excluding carboxylic acids is 1. The molecule has 2 aromatic carbocycles. The van der Waals surface area contributed by atoms with Gasteiger partial charge in [-0.1, -0.05) is 30.3 Å². The number of hydrogen-bond acceptors (Lipinski definition) is 5. The average Bonchev–Trinajstić information content (AvgIpc) is 2.66. The van der Waals surface area contributed by atoms with E-state index in [0.29, 0.717) is 6.42 Å². The van der Waals surface area contributed by atoms with Gasteiger partial charge in [0.05, 0.1) is 17.6 Å². The largest absolute Gasteiger partial charge is 0.465 e. The minimum Gasteiger partial charge on any atom is -0.465 e. The average molecular weight is 431 g/mol. The van der Waals surface area contributed by atoms with Crippen molar-refractivity contribution in [2.24, 2.45) is 5.73 Å². The Morgan fingerprint density at radius 3 is 2.39 bits per heavy atom. The molecule has 9 heteroatoms. The van der Waals surface area contributed by atoms with Crippen LogP contribution in [0.15, 0.2) is 47.4 Å². The summed E-state index contributed by atoms with van der Waals surface area (Å²) >= 11 is 0. The van der Waals surface area contributed by atoms with Crippen molar-refractivity contribution >= 4 is 28.4 Å². The van der Waals surface area contributed by atoms with Crippen molar-refractivity contribution in [1.29, 1.82) is 0 Å². The first-order chi connectivity index (χ1) is 12.8. The van der Waals surface area contributed by atoms with Gasteiger partial charge in [0.25, 0.3) is 0 Å². The van der Waals surface area contributed by atoms with Gasteiger partial charge in [-0.3, -0.25) is 0 Å². The standard InChI is InChI=1S/C19H23FN2O4S.ClH/c1-14-17(20)12-16(19(23)26-2)13-18(14)27(24,25)22(11-9-21)10-8-15-6-4-3-5-7-15;/h3-7,12-13H,8-11,21H2,1-2H3;1H. The fourth-order valence-electron chi connectivity index (χ4n) is 2.69. The highest BCUT2D eigenvalue weighted by Crippen LogP contribution is 2.24. The topological polar surface area (TPSA) is 89.7 Å². The first-order valence-corrected chi connectivity index (χ1v) is 9.88. The fourth-order valence-corrected chi connectivity index (χ4v) is 4.41. The zero-order valence-electron chi connectivity index (χ0n) is 15.7. The Hall–Kier alpha value is -2.00. The maximum Gasteiger partial charge on any atom is 0.337 e. The van der Waals surface area contributed by atoms with Crippen molar-refractivity contribution in [3.63, 3.8) is 0 Å². The number of hydrogen-bond donors (Lipinski definition) is 1. The lowest BCUT2D eigenvalue weighted by Crippen LogP contribution is -2.37. The summed E-state index contributed by atoms with van der Waals surface area (Å²) in [5.41, 5.74) is 6.35. The molecule has 0 aliphatic carbocycles. The summed E-state index contributed by atoms with van der Waals surface area (Å²) in [6, 6.07) is 11.5. The summed E-state index contributed by atoms with van der Waals surface area (Å²) in [6.07, 6.45) is 0.484. The van der Waals surface area contributed by atoms with Crippen LogP contribution in [0.3, 0.4) is 0 Å². The van der Waals surface area contributed by atoms with Crippen molar-refractivity contribution in [3.05, 3.63) is 65.0 Å². The van der Waals surface area contributed by atoms with Crippen LogP contribution < -0.4 is 5.73 Å². The van der Waals surface area contributed by atoms with Crippen molar-refractivity contribution in [1.82, 2.24) is 4.31 Å². The predicted octanol–water partition coefficient (Wildman–Crippen LogP) is 2.53. The molecule has 2 N–H and O–H groups in total. The third kappa shape index (κ3) is 5.51. The molecule has 0 fully saturated rings. The number of halogens is 2. The van der Waals surface area contributed by atoms with Gasteiger partial charge >= 0.3 is 5.97 Å². The van der Waals surface area contributed by atoms with Gasteiger partial charge in [-0.25, -0.2) is 17.6 Å². The van der Waals surface area contributed by atoms with Gasteiger partial charge in [0.2, 0.25) is 10.0 Å². The number of nitrogens with zero attached hydrogens (tertiary/aromatic N) is 1. The Balaban J connectivity index is 0.00000392. The lowest BCUT2D eigenvalue weighted by atomic mass is 10.1. The van der Waals surface area contributed by atoms with Crippen LogP contribution in [-0.4, -0.2) is 45.4 Å². The second-order valence-electron chi connectivity index (χ2n) is 6.00. The molecule has 2 aromatic rings. The number of benzene rings is 2. The van der Waals surface area contributed by atoms with Crippen LogP contribution in [0, 0.1) is 12.7 Å². The van der Waals surface area contributed by atoms with Crippen molar-refractivity contribution in [3.8, 4) is 0 Å². The molecule has 154 valence electrons. The van der Waals surface area contributed by atoms with Crippen LogP contribution in [0.1, 0.15) is 21.5 Å². The van der Waals surface area contributed by atoms with E-state index in [9.17, 15) is 17.6 Å². The Morgan fingerprint density at radius 2 is 1.82 bits per heavy atom. The zero-order chi connectivity index (χ0) is 20.0. The number of rotatable bonds is 8. The molecule has 0 amide bonds. The number of nitrogens with two attached hydrogens (primary N) is 1. The molecule has 6 nitrogen and oxygen atoms in total. The molecular formula is C19H24ClFN2O4S. The van der Waals surface area contributed by atoms with Crippen molar-refractivity contribution in [2.75, 3.05) is 26.7 Å². The van der Waals surface area contributed by atoms with Crippen molar-refractivity contribution in [2.45, 2.75) is 18.2 Å². The molecule has 0 saturated heterocycles. The van der Waals surface area contributed by atoms with E-state index in [0.717, 1.165) is 24.8 Å². The Bertz CT molecular complexity index is 908. The van der Waals surface area contributed by atoms with Gasteiger partial charge in [-0.05, 0) is 31.0 Å². The summed E-state index contributed by atoms with van der Waals surface area (Å²) in [5.74, 6) is -1.59. The van der Waals surface area contributed by atoms with Gasteiger partial charge in [0.15, 0.2) is 0 Å². The number of methoxy groups -OCH3 is 1. The van der Waals surface area contributed by atoms with E-state index in [1.807, 2.05) is 30.3 Å². The molecular weight excluding hydrogens is 407 g/mol. The highest BCUT2D eigenvalue weighted by Gasteiger charge is 2.28. The van der Waals surface area contributed by atoms with E-state index in [-0.39, 0.29) is 48.1 Å². The SMILES string of the molecule is COC(=O)c1cc(F)c(C)c(S(=O)(=O)N(CCN)CCc2ccccc2)c1.Cl. The van der Waals surface area contributed by atoms with E-state index in [4.69, 9.17) is 5.73 Å². The normalized spacial score (nSPS) is 11.2. The minimum atomic E-state index is -4.05. The molecule has 0 bridgehead atoms. The number of carbonyl (C=O) groups is 1. The van der Waals surface area contributed by atoms with E-state index in [1.165, 1.54) is 11.2 Å². The predicted molar refractivity (Wildman–Crippen MR) is 108 cm³/mol. The summed E-state index contributed by atoms with van der Waals surface area (Å²) < 4.78 is 46.3. The van der Waals surface area contributed by atoms with Gasteiger partial charge in [-0.15, -0.1) is 12.4 Å². The van der Waals surface area contributed by atoms with E-state index >= 15 is 0 Å². The number of sulfonamides is 1. The monoisotopic (exact) mass is 430 g/mol. The third-order valence-electron chi connectivity index (χ3n) is 4.21. The zero-order valence-corrected chi connectivity index (χ0v) is 17.4. The highest BCUT2D eigenvalue weighted by molar-refractivity contribution is 7.89. The number of ether oxygens (including phenoxy) is 1. The third-order valence-corrected chi connectivity index (χ3v) is 6.23. The second-order valence-corrected chi connectivity index (χ2v) is 7.91. The van der Waals surface area contributed by atoms with E-state index in [2.05, 4.69) is 4.74 Å². The first kappa shape index (κ1) is 24.0. The molecule has 0 saturated carbocycles. The van der Waals surface area contributed by atoms with Crippen LogP contribution in [0.4, 0.5) is 4.39 Å². The van der Waals surface area contributed by atoms with Gasteiger partial charge in [0, 0.05) is 25.2 Å². The quantitative estimate of drug-likeness (QED) is 0.650. The molecule has 0 unspecified atom stereocenters. The van der Waals surface area contributed by atoms with Crippen LogP contribution in [-0.2, 0) is 21.2 Å². The maximum atomic E-state index is 14.3. The summed E-state index contributed by atoms with van der Waals surface area (Å²) in [6.45, 7) is 1.75. The van der Waals surface area contributed by atoms with E-state index < -0.39 is 21.8 Å². The molecule has 2 rings (SSSR count). The highest BCUT2D eigenvalue weighted by atomic mass is 35.5. The van der Waals surface area contributed by atoms with Crippen LogP contribution in [0.5, 0.6) is 0 Å². The second kappa shape index (κ2) is 10.5. The molecule has 0 aliphatic rings. The van der Waals surface area contributed by atoms with Gasteiger partial charge in [0.1, 0.15) is 5.82 Å². The van der Waals surface area contributed by atoms with Crippen LogP contribution in [0.2, 0.25) is 0 Å². The minimum absolute atomic E-state index is 0. The number of esters is 1. The lowest BCUT2D eigenvalue weighted by Gasteiger charge is -2.23. The van der Waals surface area contributed by atoms with Gasteiger partial charge < -0.3 is 10.5 Å². The molecule has 28 heavy (non-hydrogen) atoms. The van der Waals surface area contributed by atoms with E-state index in [1.54, 1.807) is 0 Å². The molecule has 0 aliphatic heterocycles. The molecule has 0 aromatic heterocycles. The Labute approximate surface area is 170 Å². The maximum absolute atomic E-state index is 14.3. The Morgan fingerprint density at radius 1 is 1.18 bits per heavy atom. The lowest BCUT2D eigenvalue weighted by molar-refractivity contribution is 0.0600. The summed E-state index contributed by atoms with van der Waals surface area (Å²) in [4.78, 5) is 11.5. The smallest absolute Gasteiger partial charge is 0.337 e. The van der Waals surface area contributed by atoms with Gasteiger partial charge in [-0.2, -0.15) is 4.31 Å². The fraction of sp³-hybridized carbons (Fsp3) is 0.316.